The summed E-state index contributed by atoms with van der Waals surface area (Å²) in [5, 5.41) is 1.04. The van der Waals surface area contributed by atoms with Gasteiger partial charge in [0.25, 0.3) is 0 Å². The summed E-state index contributed by atoms with van der Waals surface area (Å²) in [5.41, 5.74) is 2.63. The molecule has 0 spiro atoms. The Morgan fingerprint density at radius 3 is 2.74 bits per heavy atom. The zero-order valence-corrected chi connectivity index (χ0v) is 10.9. The molecule has 2 heterocycles. The highest BCUT2D eigenvalue weighted by Crippen LogP contribution is 2.27. The lowest BCUT2D eigenvalue weighted by Crippen LogP contribution is -2.37. The van der Waals surface area contributed by atoms with E-state index >= 15 is 0 Å². The number of aromatic nitrogens is 1. The number of fused-ring (bicyclic) bond motifs is 1. The average Bonchev–Trinajstić information content (AvgIpc) is 2.48. The van der Waals surface area contributed by atoms with Crippen molar-refractivity contribution in [3.8, 4) is 0 Å². The third-order valence-corrected chi connectivity index (χ3v) is 3.61. The number of ether oxygens (including phenoxy) is 1. The van der Waals surface area contributed by atoms with E-state index in [0.717, 1.165) is 41.7 Å². The van der Waals surface area contributed by atoms with Crippen LogP contribution < -0.4 is 4.90 Å². The van der Waals surface area contributed by atoms with Crippen molar-refractivity contribution < 1.29 is 9.53 Å². The van der Waals surface area contributed by atoms with Crippen molar-refractivity contribution in [2.45, 2.75) is 6.92 Å². The summed E-state index contributed by atoms with van der Waals surface area (Å²) < 4.78 is 5.35. The molecular formula is C15H16N2O2. The molecule has 0 bridgehead atoms. The number of hydrogen-bond acceptors (Lipinski definition) is 4. The molecule has 0 radical (unpaired) electrons. The second-order valence-electron chi connectivity index (χ2n) is 4.71. The molecule has 1 aliphatic rings. The molecule has 1 aliphatic heterocycles. The molecule has 4 nitrogen and oxygen atoms in total. The summed E-state index contributed by atoms with van der Waals surface area (Å²) in [5.74, 6) is 0.787. The van der Waals surface area contributed by atoms with Crippen molar-refractivity contribution in [2.75, 3.05) is 31.2 Å². The van der Waals surface area contributed by atoms with Crippen LogP contribution in [-0.4, -0.2) is 37.6 Å². The van der Waals surface area contributed by atoms with Crippen molar-refractivity contribution in [3.63, 3.8) is 0 Å². The van der Waals surface area contributed by atoms with Crippen molar-refractivity contribution in [3.05, 3.63) is 35.4 Å². The van der Waals surface area contributed by atoms with Gasteiger partial charge in [-0.2, -0.15) is 0 Å². The van der Waals surface area contributed by atoms with Gasteiger partial charge in [0.2, 0.25) is 0 Å². The van der Waals surface area contributed by atoms with Gasteiger partial charge in [-0.05, 0) is 18.6 Å². The van der Waals surface area contributed by atoms with Gasteiger partial charge < -0.3 is 9.64 Å². The number of benzene rings is 1. The molecule has 98 valence electrons. The van der Waals surface area contributed by atoms with Crippen LogP contribution in [0.4, 0.5) is 5.82 Å². The van der Waals surface area contributed by atoms with Gasteiger partial charge >= 0.3 is 0 Å². The van der Waals surface area contributed by atoms with E-state index < -0.39 is 0 Å². The van der Waals surface area contributed by atoms with Gasteiger partial charge in [0.05, 0.1) is 24.3 Å². The zero-order chi connectivity index (χ0) is 13.2. The first kappa shape index (κ1) is 12.1. The summed E-state index contributed by atoms with van der Waals surface area (Å²) in [6, 6.07) is 7.94. The van der Waals surface area contributed by atoms with E-state index in [0.29, 0.717) is 18.8 Å². The van der Waals surface area contributed by atoms with Crippen LogP contribution in [0.15, 0.2) is 24.3 Å². The number of aryl methyl sites for hydroxylation is 1. The molecule has 0 aliphatic carbocycles. The van der Waals surface area contributed by atoms with Gasteiger partial charge in [-0.1, -0.05) is 18.2 Å². The van der Waals surface area contributed by atoms with Crippen molar-refractivity contribution in [2.24, 2.45) is 0 Å². The molecule has 1 aromatic carbocycles. The number of anilines is 1. The van der Waals surface area contributed by atoms with Crippen molar-refractivity contribution in [1.82, 2.24) is 4.98 Å². The Hall–Kier alpha value is -1.94. The molecule has 19 heavy (non-hydrogen) atoms. The smallest absolute Gasteiger partial charge is 0.154 e. The SMILES string of the molecule is Cc1c(C=O)c(N2CCOCC2)nc2ccccc12. The van der Waals surface area contributed by atoms with Crippen LogP contribution in [0.1, 0.15) is 15.9 Å². The third kappa shape index (κ3) is 2.08. The van der Waals surface area contributed by atoms with Crippen molar-refractivity contribution >= 4 is 23.0 Å². The summed E-state index contributed by atoms with van der Waals surface area (Å²) in [6.45, 7) is 4.92. The summed E-state index contributed by atoms with van der Waals surface area (Å²) >= 11 is 0. The normalized spacial score (nSPS) is 15.7. The lowest BCUT2D eigenvalue weighted by molar-refractivity contribution is 0.111. The lowest BCUT2D eigenvalue weighted by atomic mass is 10.0. The molecule has 1 aromatic heterocycles. The molecule has 0 atom stereocenters. The van der Waals surface area contributed by atoms with Gasteiger partial charge in [0, 0.05) is 18.5 Å². The molecule has 2 aromatic rings. The summed E-state index contributed by atoms with van der Waals surface area (Å²) in [7, 11) is 0. The van der Waals surface area contributed by atoms with E-state index in [1.54, 1.807) is 0 Å². The predicted molar refractivity (Wildman–Crippen MR) is 74.9 cm³/mol. The quantitative estimate of drug-likeness (QED) is 0.772. The number of morpholine rings is 1. The third-order valence-electron chi connectivity index (χ3n) is 3.61. The number of rotatable bonds is 2. The second-order valence-corrected chi connectivity index (χ2v) is 4.71. The fraction of sp³-hybridized carbons (Fsp3) is 0.333. The monoisotopic (exact) mass is 256 g/mol. The Bertz CT molecular complexity index is 619. The van der Waals surface area contributed by atoms with E-state index in [1.165, 1.54) is 0 Å². The molecule has 0 amide bonds. The van der Waals surface area contributed by atoms with E-state index in [4.69, 9.17) is 4.74 Å². The number of carbonyl (C=O) groups is 1. The topological polar surface area (TPSA) is 42.4 Å². The maximum absolute atomic E-state index is 11.4. The van der Waals surface area contributed by atoms with Gasteiger partial charge in [0.1, 0.15) is 5.82 Å². The van der Waals surface area contributed by atoms with Crippen LogP contribution in [0.3, 0.4) is 0 Å². The zero-order valence-electron chi connectivity index (χ0n) is 10.9. The van der Waals surface area contributed by atoms with Crippen LogP contribution >= 0.6 is 0 Å². The molecule has 0 N–H and O–H groups in total. The molecule has 4 heteroatoms. The average molecular weight is 256 g/mol. The summed E-state index contributed by atoms with van der Waals surface area (Å²) in [6.07, 6.45) is 0.916. The highest BCUT2D eigenvalue weighted by Gasteiger charge is 2.19. The standard InChI is InChI=1S/C15H16N2O2/c1-11-12-4-2-3-5-14(12)16-15(13(11)10-18)17-6-8-19-9-7-17/h2-5,10H,6-9H2,1H3. The minimum absolute atomic E-state index is 0.686. The highest BCUT2D eigenvalue weighted by molar-refractivity contribution is 5.95. The first-order valence-electron chi connectivity index (χ1n) is 6.48. The molecule has 1 fully saturated rings. The van der Waals surface area contributed by atoms with Crippen LogP contribution in [-0.2, 0) is 4.74 Å². The molecule has 1 saturated heterocycles. The minimum Gasteiger partial charge on any atom is -0.378 e. The Balaban J connectivity index is 2.19. The van der Waals surface area contributed by atoms with Crippen LogP contribution in [0.2, 0.25) is 0 Å². The van der Waals surface area contributed by atoms with E-state index in [1.807, 2.05) is 31.2 Å². The van der Waals surface area contributed by atoms with Gasteiger partial charge in [-0.3, -0.25) is 4.79 Å². The fourth-order valence-electron chi connectivity index (χ4n) is 2.53. The minimum atomic E-state index is 0.686. The van der Waals surface area contributed by atoms with Gasteiger partial charge in [-0.15, -0.1) is 0 Å². The first-order chi connectivity index (χ1) is 9.31. The number of nitrogens with zero attached hydrogens (tertiary/aromatic N) is 2. The van der Waals surface area contributed by atoms with E-state index in [9.17, 15) is 4.79 Å². The van der Waals surface area contributed by atoms with Crippen LogP contribution in [0.25, 0.3) is 10.9 Å². The predicted octanol–water partition coefficient (Wildman–Crippen LogP) is 2.19. The highest BCUT2D eigenvalue weighted by atomic mass is 16.5. The second kappa shape index (κ2) is 4.97. The number of para-hydroxylation sites is 1. The maximum Gasteiger partial charge on any atom is 0.154 e. The Morgan fingerprint density at radius 1 is 1.26 bits per heavy atom. The lowest BCUT2D eigenvalue weighted by Gasteiger charge is -2.29. The van der Waals surface area contributed by atoms with E-state index in [-0.39, 0.29) is 0 Å². The largest absolute Gasteiger partial charge is 0.378 e. The molecule has 0 saturated carbocycles. The van der Waals surface area contributed by atoms with Crippen molar-refractivity contribution in [1.29, 1.82) is 0 Å². The van der Waals surface area contributed by atoms with E-state index in [2.05, 4.69) is 9.88 Å². The Kier molecular flexibility index (Phi) is 3.17. The molecule has 0 unspecified atom stereocenters. The number of hydrogen-bond donors (Lipinski definition) is 0. The Morgan fingerprint density at radius 2 is 2.00 bits per heavy atom. The van der Waals surface area contributed by atoms with Crippen LogP contribution in [0.5, 0.6) is 0 Å². The van der Waals surface area contributed by atoms with Gasteiger partial charge in [-0.25, -0.2) is 4.98 Å². The number of pyridine rings is 1. The van der Waals surface area contributed by atoms with Gasteiger partial charge in [0.15, 0.2) is 6.29 Å². The van der Waals surface area contributed by atoms with Crippen LogP contribution in [0, 0.1) is 6.92 Å². The number of aldehydes is 1. The molecular weight excluding hydrogens is 240 g/mol. The molecule has 3 rings (SSSR count). The number of carbonyl (C=O) groups excluding carboxylic acids is 1. The fourth-order valence-corrected chi connectivity index (χ4v) is 2.53. The Labute approximate surface area is 112 Å². The first-order valence-corrected chi connectivity index (χ1v) is 6.48. The summed E-state index contributed by atoms with van der Waals surface area (Å²) in [4.78, 5) is 18.2. The maximum atomic E-state index is 11.4.